The Kier molecular flexibility index (Phi) is 4.39. The minimum atomic E-state index is -0.00306. The van der Waals surface area contributed by atoms with Gasteiger partial charge in [0.25, 0.3) is 0 Å². The Hall–Kier alpha value is -1.31. The Morgan fingerprint density at radius 2 is 1.25 bits per heavy atom. The van der Waals surface area contributed by atoms with Crippen molar-refractivity contribution in [3.05, 3.63) is 71.8 Å². The Morgan fingerprint density at radius 1 is 0.750 bits per heavy atom. The molecule has 2 aromatic carbocycles. The van der Waals surface area contributed by atoms with Crippen molar-refractivity contribution in [2.24, 2.45) is 0 Å². The number of hydrogen-bond acceptors (Lipinski definition) is 1. The molecule has 2 atom stereocenters. The average molecular weight is 286 g/mol. The lowest BCUT2D eigenvalue weighted by molar-refractivity contribution is 0.238. The maximum atomic E-state index is 6.85. The van der Waals surface area contributed by atoms with Crippen LogP contribution in [0.1, 0.15) is 35.4 Å². The van der Waals surface area contributed by atoms with Crippen LogP contribution in [-0.4, -0.2) is 18.0 Å². The summed E-state index contributed by atoms with van der Waals surface area (Å²) in [6.45, 7) is 2.30. The molecule has 0 aromatic heterocycles. The van der Waals surface area contributed by atoms with Gasteiger partial charge in [-0.25, -0.2) is 0 Å². The molecule has 0 bridgehead atoms. The van der Waals surface area contributed by atoms with Gasteiger partial charge in [-0.2, -0.15) is 0 Å². The number of alkyl halides is 1. The second-order valence-electron chi connectivity index (χ2n) is 5.41. The smallest absolute Gasteiger partial charge is 0.0782 e. The molecule has 1 aliphatic rings. The van der Waals surface area contributed by atoms with Gasteiger partial charge in [0.1, 0.15) is 0 Å². The maximum absolute atomic E-state index is 6.85. The van der Waals surface area contributed by atoms with E-state index < -0.39 is 0 Å². The third kappa shape index (κ3) is 2.89. The average Bonchev–Trinajstić information content (AvgIpc) is 3.03. The number of rotatable bonds is 4. The van der Waals surface area contributed by atoms with E-state index in [2.05, 4.69) is 59.5 Å². The monoisotopic (exact) mass is 285 g/mol. The zero-order valence-corrected chi connectivity index (χ0v) is 12.3. The first-order chi connectivity index (χ1) is 9.86. The van der Waals surface area contributed by atoms with E-state index in [9.17, 15) is 0 Å². The van der Waals surface area contributed by atoms with E-state index in [4.69, 9.17) is 11.6 Å². The second kappa shape index (κ2) is 6.43. The summed E-state index contributed by atoms with van der Waals surface area (Å²) in [6.07, 6.45) is 2.56. The predicted octanol–water partition coefficient (Wildman–Crippen LogP) is 4.80. The topological polar surface area (TPSA) is 3.24 Å². The van der Waals surface area contributed by atoms with E-state index in [1.165, 1.54) is 24.0 Å². The van der Waals surface area contributed by atoms with Crippen LogP contribution in [0.5, 0.6) is 0 Å². The fraction of sp³-hybridized carbons (Fsp3) is 0.333. The van der Waals surface area contributed by atoms with E-state index in [-0.39, 0.29) is 11.4 Å². The van der Waals surface area contributed by atoms with Gasteiger partial charge in [-0.15, -0.1) is 11.6 Å². The lowest BCUT2D eigenvalue weighted by Crippen LogP contribution is -2.28. The molecule has 1 fully saturated rings. The molecule has 0 aliphatic carbocycles. The van der Waals surface area contributed by atoms with Gasteiger partial charge in [0.05, 0.1) is 11.4 Å². The summed E-state index contributed by atoms with van der Waals surface area (Å²) in [4.78, 5) is 2.53. The van der Waals surface area contributed by atoms with Crippen molar-refractivity contribution in [1.82, 2.24) is 4.90 Å². The van der Waals surface area contributed by atoms with Crippen LogP contribution in [0.15, 0.2) is 60.7 Å². The first kappa shape index (κ1) is 13.7. The molecule has 0 unspecified atom stereocenters. The Morgan fingerprint density at radius 3 is 1.80 bits per heavy atom. The lowest BCUT2D eigenvalue weighted by atomic mass is 9.97. The number of likely N-dealkylation sites (tertiary alicyclic amines) is 1. The van der Waals surface area contributed by atoms with Crippen LogP contribution < -0.4 is 0 Å². The molecule has 104 valence electrons. The van der Waals surface area contributed by atoms with Crippen LogP contribution in [0.4, 0.5) is 0 Å². The zero-order chi connectivity index (χ0) is 13.8. The highest BCUT2D eigenvalue weighted by atomic mass is 35.5. The summed E-state index contributed by atoms with van der Waals surface area (Å²) in [5.41, 5.74) is 2.52. The van der Waals surface area contributed by atoms with E-state index in [1.807, 2.05) is 6.07 Å². The predicted molar refractivity (Wildman–Crippen MR) is 85.0 cm³/mol. The van der Waals surface area contributed by atoms with Crippen molar-refractivity contribution < 1.29 is 0 Å². The molecule has 1 nitrogen and oxygen atoms in total. The third-order valence-corrected chi connectivity index (χ3v) is 4.56. The minimum Gasteiger partial charge on any atom is -0.295 e. The summed E-state index contributed by atoms with van der Waals surface area (Å²) in [6, 6.07) is 21.4. The molecular formula is C18H20ClN. The molecule has 20 heavy (non-hydrogen) atoms. The largest absolute Gasteiger partial charge is 0.295 e. The summed E-state index contributed by atoms with van der Waals surface area (Å²) in [7, 11) is 0. The molecule has 0 amide bonds. The molecule has 2 aromatic rings. The van der Waals surface area contributed by atoms with Gasteiger partial charge < -0.3 is 0 Å². The molecule has 1 heterocycles. The van der Waals surface area contributed by atoms with Crippen molar-refractivity contribution in [2.45, 2.75) is 24.3 Å². The van der Waals surface area contributed by atoms with Crippen LogP contribution in [0.3, 0.4) is 0 Å². The number of halogens is 1. The van der Waals surface area contributed by atoms with Gasteiger partial charge in [0.2, 0.25) is 0 Å². The highest BCUT2D eigenvalue weighted by Crippen LogP contribution is 2.40. The molecule has 3 rings (SSSR count). The van der Waals surface area contributed by atoms with Crippen molar-refractivity contribution in [2.75, 3.05) is 13.1 Å². The van der Waals surface area contributed by atoms with Crippen LogP contribution in [0.2, 0.25) is 0 Å². The van der Waals surface area contributed by atoms with E-state index >= 15 is 0 Å². The highest BCUT2D eigenvalue weighted by Gasteiger charge is 2.30. The van der Waals surface area contributed by atoms with Gasteiger partial charge in [-0.3, -0.25) is 4.90 Å². The normalized spacial score (nSPS) is 18.9. The molecule has 2 heteroatoms. The molecular weight excluding hydrogens is 266 g/mol. The first-order valence-electron chi connectivity index (χ1n) is 7.34. The fourth-order valence-corrected chi connectivity index (χ4v) is 3.50. The van der Waals surface area contributed by atoms with Crippen molar-refractivity contribution in [3.63, 3.8) is 0 Å². The molecule has 0 N–H and O–H groups in total. The standard InChI is InChI=1S/C18H20ClN/c19-17(15-9-3-1-4-10-15)18(20-13-7-8-14-20)16-11-5-2-6-12-16/h1-6,9-12,17-18H,7-8,13-14H2/t17-,18-/m0/s1. The summed E-state index contributed by atoms with van der Waals surface area (Å²) in [5, 5.41) is -0.00306. The SMILES string of the molecule is Cl[C@@H](c1ccccc1)[C@H](c1ccccc1)N1CCCC1. The van der Waals surface area contributed by atoms with Crippen molar-refractivity contribution in [1.29, 1.82) is 0 Å². The number of nitrogens with zero attached hydrogens (tertiary/aromatic N) is 1. The molecule has 1 aliphatic heterocycles. The number of benzene rings is 2. The minimum absolute atomic E-state index is 0.00306. The Balaban J connectivity index is 1.93. The van der Waals surface area contributed by atoms with Gasteiger partial charge in [-0.1, -0.05) is 60.7 Å². The van der Waals surface area contributed by atoms with E-state index in [0.717, 1.165) is 13.1 Å². The zero-order valence-electron chi connectivity index (χ0n) is 11.6. The maximum Gasteiger partial charge on any atom is 0.0782 e. The van der Waals surface area contributed by atoms with Crippen molar-refractivity contribution >= 4 is 11.6 Å². The number of hydrogen-bond donors (Lipinski definition) is 0. The summed E-state index contributed by atoms with van der Waals surface area (Å²) in [5.74, 6) is 0. The van der Waals surface area contributed by atoms with Crippen LogP contribution in [0, 0.1) is 0 Å². The lowest BCUT2D eigenvalue weighted by Gasteiger charge is -2.32. The first-order valence-corrected chi connectivity index (χ1v) is 7.78. The Bertz CT molecular complexity index is 520. The third-order valence-electron chi connectivity index (χ3n) is 4.07. The van der Waals surface area contributed by atoms with Gasteiger partial charge >= 0.3 is 0 Å². The molecule has 0 spiro atoms. The Labute approximate surface area is 126 Å². The van der Waals surface area contributed by atoms with Gasteiger partial charge in [0, 0.05) is 0 Å². The molecule has 1 saturated heterocycles. The fourth-order valence-electron chi connectivity index (χ4n) is 3.05. The van der Waals surface area contributed by atoms with Gasteiger partial charge in [-0.05, 0) is 37.1 Å². The van der Waals surface area contributed by atoms with Crippen LogP contribution >= 0.6 is 11.6 Å². The van der Waals surface area contributed by atoms with Crippen LogP contribution in [-0.2, 0) is 0 Å². The highest BCUT2D eigenvalue weighted by molar-refractivity contribution is 6.21. The molecule has 0 saturated carbocycles. The van der Waals surface area contributed by atoms with Crippen molar-refractivity contribution in [3.8, 4) is 0 Å². The summed E-state index contributed by atoms with van der Waals surface area (Å²) < 4.78 is 0. The van der Waals surface area contributed by atoms with Gasteiger partial charge in [0.15, 0.2) is 0 Å². The molecule has 0 radical (unpaired) electrons. The second-order valence-corrected chi connectivity index (χ2v) is 5.88. The van der Waals surface area contributed by atoms with Crippen LogP contribution in [0.25, 0.3) is 0 Å². The van der Waals surface area contributed by atoms with E-state index in [1.54, 1.807) is 0 Å². The van der Waals surface area contributed by atoms with E-state index in [0.29, 0.717) is 0 Å². The quantitative estimate of drug-likeness (QED) is 0.729. The summed E-state index contributed by atoms with van der Waals surface area (Å²) >= 11 is 6.85.